The van der Waals surface area contributed by atoms with Crippen molar-refractivity contribution < 1.29 is 18.7 Å². The molecule has 0 aliphatic rings. The lowest BCUT2D eigenvalue weighted by Gasteiger charge is -2.14. The van der Waals surface area contributed by atoms with Crippen LogP contribution in [0.2, 0.25) is 0 Å². The molecule has 0 fully saturated rings. The van der Waals surface area contributed by atoms with E-state index < -0.39 is 5.91 Å². The molecule has 7 nitrogen and oxygen atoms in total. The second-order valence-corrected chi connectivity index (χ2v) is 9.89. The van der Waals surface area contributed by atoms with E-state index in [0.717, 1.165) is 27.0 Å². The molecule has 2 aromatic heterocycles. The molecule has 0 aliphatic carbocycles. The van der Waals surface area contributed by atoms with Crippen molar-refractivity contribution in [2.45, 2.75) is 46.8 Å². The molecule has 192 valence electrons. The number of benzene rings is 2. The van der Waals surface area contributed by atoms with E-state index in [0.29, 0.717) is 11.5 Å². The SMILES string of the molecule is CC[C@H](C)Oc1ccc(/C=N/NC(=O)c2ccc(COc3ccc(-n4c(C)ccc4C)cc3)o2)cc1I. The number of nitrogens with zero attached hydrogens (tertiary/aromatic N) is 2. The summed E-state index contributed by atoms with van der Waals surface area (Å²) in [7, 11) is 0. The molecule has 2 aromatic carbocycles. The fourth-order valence-electron chi connectivity index (χ4n) is 3.71. The number of nitrogens with one attached hydrogen (secondary N) is 1. The van der Waals surface area contributed by atoms with Crippen LogP contribution in [0.25, 0.3) is 5.69 Å². The van der Waals surface area contributed by atoms with Gasteiger partial charge in [-0.25, -0.2) is 5.43 Å². The maximum atomic E-state index is 12.4. The molecule has 1 amide bonds. The molecule has 0 saturated heterocycles. The fourth-order valence-corrected chi connectivity index (χ4v) is 4.38. The van der Waals surface area contributed by atoms with Crippen LogP contribution in [0.3, 0.4) is 0 Å². The number of rotatable bonds is 10. The molecule has 0 unspecified atom stereocenters. The molecule has 0 aliphatic heterocycles. The van der Waals surface area contributed by atoms with Crippen molar-refractivity contribution in [3.63, 3.8) is 0 Å². The molecular formula is C29H30IN3O4. The summed E-state index contributed by atoms with van der Waals surface area (Å²) in [5, 5.41) is 4.05. The Morgan fingerprint density at radius 2 is 1.81 bits per heavy atom. The van der Waals surface area contributed by atoms with Gasteiger partial charge in [0, 0.05) is 17.1 Å². The third-order valence-corrected chi connectivity index (χ3v) is 6.71. The van der Waals surface area contributed by atoms with Crippen LogP contribution in [0.4, 0.5) is 0 Å². The monoisotopic (exact) mass is 611 g/mol. The van der Waals surface area contributed by atoms with E-state index in [4.69, 9.17) is 13.9 Å². The molecule has 8 heteroatoms. The highest BCUT2D eigenvalue weighted by Gasteiger charge is 2.12. The van der Waals surface area contributed by atoms with Crippen molar-refractivity contribution in [1.82, 2.24) is 9.99 Å². The maximum Gasteiger partial charge on any atom is 0.307 e. The van der Waals surface area contributed by atoms with Crippen molar-refractivity contribution in [1.29, 1.82) is 0 Å². The third kappa shape index (κ3) is 6.82. The van der Waals surface area contributed by atoms with E-state index in [9.17, 15) is 4.79 Å². The second kappa shape index (κ2) is 12.1. The maximum absolute atomic E-state index is 12.4. The molecular weight excluding hydrogens is 581 g/mol. The van der Waals surface area contributed by atoms with Gasteiger partial charge in [-0.15, -0.1) is 0 Å². The van der Waals surface area contributed by atoms with Gasteiger partial charge in [0.25, 0.3) is 0 Å². The number of aromatic nitrogens is 1. The number of furan rings is 1. The van der Waals surface area contributed by atoms with Crippen molar-refractivity contribution in [3.05, 3.63) is 98.8 Å². The van der Waals surface area contributed by atoms with Gasteiger partial charge < -0.3 is 18.5 Å². The summed E-state index contributed by atoms with van der Waals surface area (Å²) < 4.78 is 20.5. The van der Waals surface area contributed by atoms with Gasteiger partial charge >= 0.3 is 5.91 Å². The average Bonchev–Trinajstić information content (AvgIpc) is 3.50. The summed E-state index contributed by atoms with van der Waals surface area (Å²) in [6.45, 7) is 8.49. The standard InChI is InChI=1S/C29H30IN3O4/c1-5-21(4)36-27-14-8-22(16-26(27)30)17-31-32-29(34)28-15-13-25(37-28)18-35-24-11-9-23(10-12-24)33-19(2)6-7-20(33)3/h6-17,21H,5,18H2,1-4H3,(H,32,34)/b31-17+/t21-/m0/s1. The summed E-state index contributed by atoms with van der Waals surface area (Å²) in [5.74, 6) is 1.82. The Labute approximate surface area is 230 Å². The molecule has 0 radical (unpaired) electrons. The second-order valence-electron chi connectivity index (χ2n) is 8.73. The summed E-state index contributed by atoms with van der Waals surface area (Å²) in [5.41, 5.74) is 6.78. The van der Waals surface area contributed by atoms with Crippen LogP contribution in [0.5, 0.6) is 11.5 Å². The Morgan fingerprint density at radius 3 is 2.49 bits per heavy atom. The van der Waals surface area contributed by atoms with Gasteiger partial charge in [0.05, 0.1) is 15.9 Å². The number of hydrogen-bond donors (Lipinski definition) is 1. The van der Waals surface area contributed by atoms with Crippen LogP contribution in [-0.4, -0.2) is 22.8 Å². The zero-order valence-electron chi connectivity index (χ0n) is 21.3. The summed E-state index contributed by atoms with van der Waals surface area (Å²) >= 11 is 2.23. The number of ether oxygens (including phenoxy) is 2. The van der Waals surface area contributed by atoms with Crippen LogP contribution < -0.4 is 14.9 Å². The first-order valence-corrected chi connectivity index (χ1v) is 13.2. The Bertz CT molecular complexity index is 1370. The van der Waals surface area contributed by atoms with E-state index in [1.807, 2.05) is 49.4 Å². The predicted molar refractivity (Wildman–Crippen MR) is 153 cm³/mol. The molecule has 4 aromatic rings. The third-order valence-electron chi connectivity index (χ3n) is 5.87. The molecule has 0 spiro atoms. The molecule has 1 atom stereocenters. The van der Waals surface area contributed by atoms with Gasteiger partial charge in [-0.2, -0.15) is 5.10 Å². The van der Waals surface area contributed by atoms with Crippen LogP contribution in [0.15, 0.2) is 76.2 Å². The molecule has 1 N–H and O–H groups in total. The van der Waals surface area contributed by atoms with Gasteiger partial charge in [-0.1, -0.05) is 6.92 Å². The average molecular weight is 611 g/mol. The van der Waals surface area contributed by atoms with Crippen LogP contribution in [-0.2, 0) is 6.61 Å². The highest BCUT2D eigenvalue weighted by Crippen LogP contribution is 2.23. The minimum absolute atomic E-state index is 0.153. The number of hydrogen-bond acceptors (Lipinski definition) is 5. The van der Waals surface area contributed by atoms with Gasteiger partial charge in [0.2, 0.25) is 0 Å². The van der Waals surface area contributed by atoms with Gasteiger partial charge in [0.15, 0.2) is 5.76 Å². The first-order chi connectivity index (χ1) is 17.8. The molecule has 37 heavy (non-hydrogen) atoms. The van der Waals surface area contributed by atoms with Crippen molar-refractivity contribution in [3.8, 4) is 17.2 Å². The number of carbonyl (C=O) groups is 1. The first kappa shape index (κ1) is 26.5. The smallest absolute Gasteiger partial charge is 0.307 e. The summed E-state index contributed by atoms with van der Waals surface area (Å²) in [4.78, 5) is 12.4. The summed E-state index contributed by atoms with van der Waals surface area (Å²) in [6, 6.07) is 21.1. The minimum atomic E-state index is -0.435. The Hall–Kier alpha value is -3.53. The van der Waals surface area contributed by atoms with E-state index >= 15 is 0 Å². The number of hydrazone groups is 1. The van der Waals surface area contributed by atoms with E-state index in [1.54, 1.807) is 18.3 Å². The number of amides is 1. The first-order valence-electron chi connectivity index (χ1n) is 12.1. The van der Waals surface area contributed by atoms with Crippen LogP contribution in [0.1, 0.15) is 53.5 Å². The molecule has 0 saturated carbocycles. The van der Waals surface area contributed by atoms with Gasteiger partial charge in [0.1, 0.15) is 23.9 Å². The van der Waals surface area contributed by atoms with Crippen molar-refractivity contribution in [2.24, 2.45) is 5.10 Å². The molecule has 0 bridgehead atoms. The van der Waals surface area contributed by atoms with Crippen molar-refractivity contribution >= 4 is 34.7 Å². The van der Waals surface area contributed by atoms with E-state index in [1.165, 1.54) is 11.4 Å². The Kier molecular flexibility index (Phi) is 8.70. The van der Waals surface area contributed by atoms with Crippen LogP contribution >= 0.6 is 22.6 Å². The Morgan fingerprint density at radius 1 is 1.08 bits per heavy atom. The highest BCUT2D eigenvalue weighted by molar-refractivity contribution is 14.1. The number of carbonyl (C=O) groups excluding carboxylic acids is 1. The molecule has 4 rings (SSSR count). The number of halogens is 1. The lowest BCUT2D eigenvalue weighted by Crippen LogP contribution is -2.16. The van der Waals surface area contributed by atoms with Crippen LogP contribution in [0, 0.1) is 17.4 Å². The number of aryl methyl sites for hydroxylation is 2. The predicted octanol–water partition coefficient (Wildman–Crippen LogP) is 6.81. The van der Waals surface area contributed by atoms with Gasteiger partial charge in [-0.3, -0.25) is 4.79 Å². The topological polar surface area (TPSA) is 78.0 Å². The van der Waals surface area contributed by atoms with E-state index in [-0.39, 0.29) is 18.5 Å². The van der Waals surface area contributed by atoms with E-state index in [2.05, 4.69) is 70.6 Å². The zero-order chi connectivity index (χ0) is 26.4. The lowest BCUT2D eigenvalue weighted by molar-refractivity contribution is 0.0923. The highest BCUT2D eigenvalue weighted by atomic mass is 127. The zero-order valence-corrected chi connectivity index (χ0v) is 23.5. The molecule has 2 heterocycles. The lowest BCUT2D eigenvalue weighted by atomic mass is 10.2. The normalized spacial score (nSPS) is 12.0. The van der Waals surface area contributed by atoms with Crippen molar-refractivity contribution in [2.75, 3.05) is 0 Å². The fraction of sp³-hybridized carbons (Fsp3) is 0.241. The Balaban J connectivity index is 1.29. The van der Waals surface area contributed by atoms with Gasteiger partial charge in [-0.05, 0) is 122 Å². The summed E-state index contributed by atoms with van der Waals surface area (Å²) in [6.07, 6.45) is 2.67. The quantitative estimate of drug-likeness (QED) is 0.121. The largest absolute Gasteiger partial charge is 0.490 e. The minimum Gasteiger partial charge on any atom is -0.490 e.